The minimum atomic E-state index is -5.65. The number of hydrogen-bond donors (Lipinski definition) is 0. The minimum absolute atomic E-state index is 0.0160. The lowest BCUT2D eigenvalue weighted by atomic mass is 9.86. The average Bonchev–Trinajstić information content (AvgIpc) is 2.50. The smallest absolute Gasteiger partial charge is 0.166 e. The molecule has 0 aliphatic carbocycles. The van der Waals surface area contributed by atoms with Gasteiger partial charge >= 0.3 is 24.7 Å². The summed E-state index contributed by atoms with van der Waals surface area (Å²) in [6.07, 6.45) is -22.6. The second-order valence-electron chi connectivity index (χ2n) is 5.45. The molecule has 2 aromatic carbocycles. The van der Waals surface area contributed by atoms with Crippen molar-refractivity contribution in [3.8, 4) is 11.1 Å². The summed E-state index contributed by atoms with van der Waals surface area (Å²) < 4.78 is 159. The van der Waals surface area contributed by atoms with E-state index in [1.165, 1.54) is 0 Å². The summed E-state index contributed by atoms with van der Waals surface area (Å²) >= 11 is 0. The molecule has 0 radical (unpaired) electrons. The standard InChI is InChI=1S/C16H6F12/c17-13(18,19)7-3-1-4-8(14(20,21)22)11(7)12-9(15(23,24)25)5-2-6-10(12)16(26,27)28/h1-6H. The van der Waals surface area contributed by atoms with E-state index >= 15 is 0 Å². The van der Waals surface area contributed by atoms with Gasteiger partial charge in [0.15, 0.2) is 0 Å². The minimum Gasteiger partial charge on any atom is -0.166 e. The first-order chi connectivity index (χ1) is 12.5. The van der Waals surface area contributed by atoms with Gasteiger partial charge < -0.3 is 0 Å². The molecule has 28 heavy (non-hydrogen) atoms. The molecule has 0 nitrogen and oxygen atoms in total. The SMILES string of the molecule is FC(F)(F)c1cccc(C(F)(F)F)c1-c1c(C(F)(F)F)cccc1C(F)(F)F. The van der Waals surface area contributed by atoms with Crippen LogP contribution in [0.3, 0.4) is 0 Å². The van der Waals surface area contributed by atoms with E-state index in [0.29, 0.717) is 0 Å². The highest BCUT2D eigenvalue weighted by atomic mass is 19.4. The fourth-order valence-corrected chi connectivity index (χ4v) is 2.59. The first-order valence-electron chi connectivity index (χ1n) is 7.01. The van der Waals surface area contributed by atoms with E-state index in [0.717, 1.165) is 0 Å². The Balaban J connectivity index is 3.16. The van der Waals surface area contributed by atoms with Gasteiger partial charge in [0.05, 0.1) is 22.3 Å². The van der Waals surface area contributed by atoms with Crippen LogP contribution in [0.5, 0.6) is 0 Å². The largest absolute Gasteiger partial charge is 0.417 e. The van der Waals surface area contributed by atoms with Crippen molar-refractivity contribution in [2.24, 2.45) is 0 Å². The van der Waals surface area contributed by atoms with Gasteiger partial charge in [0.1, 0.15) is 0 Å². The van der Waals surface area contributed by atoms with E-state index < -0.39 is 58.1 Å². The second kappa shape index (κ2) is 6.59. The number of halogens is 12. The molecular formula is C16H6F12. The van der Waals surface area contributed by atoms with Crippen LogP contribution in [0.25, 0.3) is 11.1 Å². The highest BCUT2D eigenvalue weighted by Crippen LogP contribution is 2.51. The third kappa shape index (κ3) is 4.20. The van der Waals surface area contributed by atoms with Crippen molar-refractivity contribution in [2.45, 2.75) is 24.7 Å². The van der Waals surface area contributed by atoms with Crippen LogP contribution in [-0.4, -0.2) is 0 Å². The monoisotopic (exact) mass is 426 g/mol. The summed E-state index contributed by atoms with van der Waals surface area (Å²) in [4.78, 5) is 0. The van der Waals surface area contributed by atoms with Crippen LogP contribution in [0.4, 0.5) is 52.7 Å². The Morgan fingerprint density at radius 2 is 0.536 bits per heavy atom. The van der Waals surface area contributed by atoms with Gasteiger partial charge in [-0.05, 0) is 24.3 Å². The lowest BCUT2D eigenvalue weighted by Gasteiger charge is -2.24. The molecule has 0 bridgehead atoms. The van der Waals surface area contributed by atoms with Crippen molar-refractivity contribution in [3.05, 3.63) is 58.7 Å². The molecule has 0 aliphatic rings. The van der Waals surface area contributed by atoms with Crippen LogP contribution in [0.1, 0.15) is 22.3 Å². The molecule has 0 spiro atoms. The van der Waals surface area contributed by atoms with Gasteiger partial charge in [-0.3, -0.25) is 0 Å². The maximum absolute atomic E-state index is 13.2. The molecule has 0 saturated carbocycles. The lowest BCUT2D eigenvalue weighted by Crippen LogP contribution is -2.19. The van der Waals surface area contributed by atoms with E-state index in [-0.39, 0.29) is 36.4 Å². The van der Waals surface area contributed by atoms with Crippen LogP contribution < -0.4 is 0 Å². The highest BCUT2D eigenvalue weighted by Gasteiger charge is 2.47. The third-order valence-electron chi connectivity index (χ3n) is 3.60. The van der Waals surface area contributed by atoms with Gasteiger partial charge in [-0.2, -0.15) is 52.7 Å². The maximum atomic E-state index is 13.2. The molecule has 0 amide bonds. The molecule has 0 unspecified atom stereocenters. The summed E-state index contributed by atoms with van der Waals surface area (Å²) in [6, 6.07) is 0.433. The van der Waals surface area contributed by atoms with Crippen LogP contribution >= 0.6 is 0 Å². The summed E-state index contributed by atoms with van der Waals surface area (Å²) in [7, 11) is 0. The van der Waals surface area contributed by atoms with Crippen LogP contribution in [0, 0.1) is 0 Å². The number of alkyl halides is 12. The van der Waals surface area contributed by atoms with Crippen LogP contribution in [-0.2, 0) is 24.7 Å². The van der Waals surface area contributed by atoms with Crippen LogP contribution in [0.2, 0.25) is 0 Å². The molecule has 0 N–H and O–H groups in total. The molecule has 0 fully saturated rings. The Kier molecular flexibility index (Phi) is 5.15. The zero-order valence-electron chi connectivity index (χ0n) is 13.0. The fraction of sp³-hybridized carbons (Fsp3) is 0.250. The van der Waals surface area contributed by atoms with Crippen molar-refractivity contribution in [1.82, 2.24) is 0 Å². The van der Waals surface area contributed by atoms with E-state index in [2.05, 4.69) is 0 Å². The van der Waals surface area contributed by atoms with Crippen molar-refractivity contribution in [3.63, 3.8) is 0 Å². The Morgan fingerprint density at radius 3 is 0.679 bits per heavy atom. The Bertz CT molecular complexity index is 727. The number of rotatable bonds is 1. The van der Waals surface area contributed by atoms with Gasteiger partial charge in [-0.25, -0.2) is 0 Å². The number of hydrogen-bond acceptors (Lipinski definition) is 0. The Morgan fingerprint density at radius 1 is 0.357 bits per heavy atom. The summed E-state index contributed by atoms with van der Waals surface area (Å²) in [6.45, 7) is 0. The van der Waals surface area contributed by atoms with Crippen molar-refractivity contribution in [1.29, 1.82) is 0 Å². The molecule has 154 valence electrons. The first kappa shape index (κ1) is 21.9. The summed E-state index contributed by atoms with van der Waals surface area (Å²) in [5.74, 6) is 0. The predicted octanol–water partition coefficient (Wildman–Crippen LogP) is 7.43. The summed E-state index contributed by atoms with van der Waals surface area (Å²) in [5.41, 5.74) is -13.6. The Labute approximate surface area is 148 Å². The maximum Gasteiger partial charge on any atom is 0.417 e. The van der Waals surface area contributed by atoms with Crippen molar-refractivity contribution >= 4 is 0 Å². The lowest BCUT2D eigenvalue weighted by molar-refractivity contribution is -0.146. The van der Waals surface area contributed by atoms with Crippen molar-refractivity contribution in [2.75, 3.05) is 0 Å². The fourth-order valence-electron chi connectivity index (χ4n) is 2.59. The van der Waals surface area contributed by atoms with Gasteiger partial charge in [0.25, 0.3) is 0 Å². The normalized spacial score (nSPS) is 13.7. The zero-order valence-corrected chi connectivity index (χ0v) is 13.0. The molecule has 12 heteroatoms. The third-order valence-corrected chi connectivity index (χ3v) is 3.60. The average molecular weight is 426 g/mol. The molecule has 2 rings (SSSR count). The molecular weight excluding hydrogens is 420 g/mol. The van der Waals surface area contributed by atoms with Gasteiger partial charge in [0.2, 0.25) is 0 Å². The zero-order chi connectivity index (χ0) is 21.7. The molecule has 2 aromatic rings. The van der Waals surface area contributed by atoms with E-state index in [1.807, 2.05) is 0 Å². The Hall–Kier alpha value is -2.40. The topological polar surface area (TPSA) is 0 Å². The predicted molar refractivity (Wildman–Crippen MR) is 71.9 cm³/mol. The van der Waals surface area contributed by atoms with Crippen molar-refractivity contribution < 1.29 is 52.7 Å². The molecule has 0 aliphatic heterocycles. The van der Waals surface area contributed by atoms with E-state index in [1.54, 1.807) is 0 Å². The van der Waals surface area contributed by atoms with E-state index in [9.17, 15) is 52.7 Å². The van der Waals surface area contributed by atoms with Gasteiger partial charge in [0, 0.05) is 11.1 Å². The molecule has 0 atom stereocenters. The molecule has 0 saturated heterocycles. The molecule has 0 heterocycles. The summed E-state index contributed by atoms with van der Waals surface area (Å²) in [5, 5.41) is 0. The first-order valence-corrected chi connectivity index (χ1v) is 7.01. The van der Waals surface area contributed by atoms with Gasteiger partial charge in [-0.1, -0.05) is 12.1 Å². The number of benzene rings is 2. The second-order valence-corrected chi connectivity index (χ2v) is 5.45. The van der Waals surface area contributed by atoms with Gasteiger partial charge in [-0.15, -0.1) is 0 Å². The highest BCUT2D eigenvalue weighted by molar-refractivity contribution is 5.79. The van der Waals surface area contributed by atoms with E-state index in [4.69, 9.17) is 0 Å². The molecule has 0 aromatic heterocycles. The van der Waals surface area contributed by atoms with Crippen LogP contribution in [0.15, 0.2) is 36.4 Å². The quantitative estimate of drug-likeness (QED) is 0.416.